The Morgan fingerprint density at radius 3 is 2.57 bits per heavy atom. The molecule has 1 saturated heterocycles. The van der Waals surface area contributed by atoms with Crippen LogP contribution in [0.4, 0.5) is 5.69 Å². The maximum Gasteiger partial charge on any atom is 0.255 e. The minimum absolute atomic E-state index is 0.246. The van der Waals surface area contributed by atoms with Crippen molar-refractivity contribution in [3.63, 3.8) is 0 Å². The van der Waals surface area contributed by atoms with Crippen molar-refractivity contribution in [1.82, 2.24) is 4.90 Å². The zero-order valence-electron chi connectivity index (χ0n) is 17.6. The molecule has 1 unspecified atom stereocenters. The number of thiophene rings is 1. The molecule has 4 rings (SSSR count). The number of anilines is 1. The van der Waals surface area contributed by atoms with E-state index < -0.39 is 0 Å². The maximum atomic E-state index is 13.2. The smallest absolute Gasteiger partial charge is 0.255 e. The van der Waals surface area contributed by atoms with Crippen LogP contribution in [0.5, 0.6) is 0 Å². The molecule has 1 fully saturated rings. The van der Waals surface area contributed by atoms with Crippen LogP contribution in [0.15, 0.2) is 29.6 Å². The summed E-state index contributed by atoms with van der Waals surface area (Å²) in [6, 6.07) is 8.65. The molecular formula is C24H32N2OS. The third kappa shape index (κ3) is 3.84. The van der Waals surface area contributed by atoms with Crippen molar-refractivity contribution in [2.24, 2.45) is 11.3 Å². The Morgan fingerprint density at radius 1 is 1.14 bits per heavy atom. The highest BCUT2D eigenvalue weighted by Gasteiger charge is 2.33. The number of carbonyl (C=O) groups excluding carboxylic acids is 1. The summed E-state index contributed by atoms with van der Waals surface area (Å²) in [7, 11) is 0. The van der Waals surface area contributed by atoms with Gasteiger partial charge in [0.15, 0.2) is 0 Å². The summed E-state index contributed by atoms with van der Waals surface area (Å²) in [4.78, 5) is 19.1. The van der Waals surface area contributed by atoms with E-state index in [-0.39, 0.29) is 5.91 Å². The van der Waals surface area contributed by atoms with E-state index in [1.54, 1.807) is 11.3 Å². The minimum atomic E-state index is 0.246. The number of nitrogens with zero attached hydrogens (tertiary/aromatic N) is 2. The number of hydrogen-bond acceptors (Lipinski definition) is 3. The van der Waals surface area contributed by atoms with Crippen molar-refractivity contribution in [3.8, 4) is 0 Å². The Kier molecular flexibility index (Phi) is 5.26. The number of benzene rings is 1. The van der Waals surface area contributed by atoms with Crippen LogP contribution in [-0.2, 0) is 12.8 Å². The molecule has 28 heavy (non-hydrogen) atoms. The van der Waals surface area contributed by atoms with E-state index in [0.717, 1.165) is 50.5 Å². The molecular weight excluding hydrogens is 364 g/mol. The van der Waals surface area contributed by atoms with E-state index in [1.807, 2.05) is 0 Å². The molecule has 1 atom stereocenters. The summed E-state index contributed by atoms with van der Waals surface area (Å²) in [5.74, 6) is 0.968. The summed E-state index contributed by atoms with van der Waals surface area (Å²) in [5.41, 5.74) is 5.23. The molecule has 1 amide bonds. The lowest BCUT2D eigenvalue weighted by Gasteiger charge is -2.37. The van der Waals surface area contributed by atoms with Crippen LogP contribution < -0.4 is 4.90 Å². The Bertz CT molecular complexity index is 856. The van der Waals surface area contributed by atoms with Gasteiger partial charge in [0.05, 0.1) is 5.56 Å². The van der Waals surface area contributed by atoms with Gasteiger partial charge in [0.1, 0.15) is 0 Å². The van der Waals surface area contributed by atoms with Crippen molar-refractivity contribution in [2.75, 3.05) is 31.1 Å². The highest BCUT2D eigenvalue weighted by molar-refractivity contribution is 7.10. The summed E-state index contributed by atoms with van der Waals surface area (Å²) in [6.45, 7) is 12.6. The van der Waals surface area contributed by atoms with Crippen molar-refractivity contribution >= 4 is 22.9 Å². The van der Waals surface area contributed by atoms with E-state index >= 15 is 0 Å². The van der Waals surface area contributed by atoms with Crippen molar-refractivity contribution in [3.05, 3.63) is 51.2 Å². The van der Waals surface area contributed by atoms with Gasteiger partial charge >= 0.3 is 0 Å². The van der Waals surface area contributed by atoms with Crippen LogP contribution >= 0.6 is 11.3 Å². The maximum absolute atomic E-state index is 13.2. The summed E-state index contributed by atoms with van der Waals surface area (Å²) in [6.07, 6.45) is 3.40. The zero-order valence-corrected chi connectivity index (χ0v) is 18.4. The van der Waals surface area contributed by atoms with Gasteiger partial charge in [0.2, 0.25) is 0 Å². The van der Waals surface area contributed by atoms with Crippen LogP contribution in [0.25, 0.3) is 0 Å². The molecule has 4 heteroatoms. The van der Waals surface area contributed by atoms with E-state index in [1.165, 1.54) is 28.1 Å². The van der Waals surface area contributed by atoms with Crippen LogP contribution in [-0.4, -0.2) is 37.0 Å². The molecule has 0 N–H and O–H groups in total. The monoisotopic (exact) mass is 396 g/mol. The van der Waals surface area contributed by atoms with Crippen LogP contribution in [0.1, 0.15) is 53.6 Å². The Balaban J connectivity index is 1.42. The number of piperazine rings is 1. The molecule has 2 aliphatic rings. The normalized spacial score (nSPS) is 20.2. The second-order valence-corrected chi connectivity index (χ2v) is 10.4. The number of rotatable bonds is 2. The van der Waals surface area contributed by atoms with Gasteiger partial charge in [0.25, 0.3) is 5.91 Å². The molecule has 3 nitrogen and oxygen atoms in total. The molecule has 2 heterocycles. The predicted octanol–water partition coefficient (Wildman–Crippen LogP) is 5.17. The third-order valence-electron chi connectivity index (χ3n) is 6.54. The molecule has 0 spiro atoms. The highest BCUT2D eigenvalue weighted by Crippen LogP contribution is 2.40. The first-order valence-corrected chi connectivity index (χ1v) is 11.4. The van der Waals surface area contributed by atoms with Crippen LogP contribution in [0.3, 0.4) is 0 Å². The van der Waals surface area contributed by atoms with Gasteiger partial charge in [-0.15, -0.1) is 11.3 Å². The van der Waals surface area contributed by atoms with E-state index in [4.69, 9.17) is 0 Å². The first-order valence-electron chi connectivity index (χ1n) is 10.5. The molecule has 0 bridgehead atoms. The van der Waals surface area contributed by atoms with Gasteiger partial charge in [-0.3, -0.25) is 4.79 Å². The molecule has 1 aromatic carbocycles. The van der Waals surface area contributed by atoms with Crippen LogP contribution in [0.2, 0.25) is 0 Å². The zero-order chi connectivity index (χ0) is 19.9. The van der Waals surface area contributed by atoms with Crippen molar-refractivity contribution in [1.29, 1.82) is 0 Å². The molecule has 1 aliphatic heterocycles. The molecule has 1 aliphatic carbocycles. The van der Waals surface area contributed by atoms with Crippen LogP contribution in [0, 0.1) is 18.3 Å². The quantitative estimate of drug-likeness (QED) is 0.699. The Morgan fingerprint density at radius 2 is 1.89 bits per heavy atom. The van der Waals surface area contributed by atoms with Gasteiger partial charge in [-0.1, -0.05) is 32.9 Å². The highest BCUT2D eigenvalue weighted by atomic mass is 32.1. The number of amides is 1. The fraction of sp³-hybridized carbons (Fsp3) is 0.542. The Labute approximate surface area is 173 Å². The molecule has 150 valence electrons. The number of hydrogen-bond donors (Lipinski definition) is 0. The van der Waals surface area contributed by atoms with Crippen molar-refractivity contribution < 1.29 is 4.79 Å². The average molecular weight is 397 g/mol. The fourth-order valence-electron chi connectivity index (χ4n) is 4.59. The van der Waals surface area contributed by atoms with Gasteiger partial charge in [-0.25, -0.2) is 0 Å². The topological polar surface area (TPSA) is 23.6 Å². The largest absolute Gasteiger partial charge is 0.368 e. The summed E-state index contributed by atoms with van der Waals surface area (Å²) >= 11 is 1.81. The van der Waals surface area contributed by atoms with Gasteiger partial charge in [-0.2, -0.15) is 0 Å². The summed E-state index contributed by atoms with van der Waals surface area (Å²) in [5, 5.41) is 2.13. The molecule has 1 aromatic heterocycles. The standard InChI is InChI=1S/C24H32N2OS/c1-17-6-5-7-19(14-17)25-10-12-26(13-11-25)23(27)21-16-28-22-15-18(24(2,3)4)8-9-20(21)22/h5-7,14,16,18H,8-13,15H2,1-4H3. The predicted molar refractivity (Wildman–Crippen MR) is 119 cm³/mol. The second-order valence-electron chi connectivity index (χ2n) is 9.48. The van der Waals surface area contributed by atoms with Gasteiger partial charge in [-0.05, 0) is 60.8 Å². The fourth-order valence-corrected chi connectivity index (χ4v) is 5.75. The van der Waals surface area contributed by atoms with Gasteiger partial charge in [0, 0.05) is 42.1 Å². The average Bonchev–Trinajstić information content (AvgIpc) is 3.10. The number of carbonyl (C=O) groups is 1. The van der Waals surface area contributed by atoms with E-state index in [9.17, 15) is 4.79 Å². The second kappa shape index (κ2) is 7.55. The summed E-state index contributed by atoms with van der Waals surface area (Å²) < 4.78 is 0. The molecule has 0 radical (unpaired) electrons. The first-order chi connectivity index (χ1) is 13.3. The number of fused-ring (bicyclic) bond motifs is 1. The Hall–Kier alpha value is -1.81. The molecule has 2 aromatic rings. The van der Waals surface area contributed by atoms with Crippen molar-refractivity contribution in [2.45, 2.75) is 47.0 Å². The van der Waals surface area contributed by atoms with E-state index in [2.05, 4.69) is 67.1 Å². The molecule has 0 saturated carbocycles. The first kappa shape index (κ1) is 19.5. The van der Waals surface area contributed by atoms with E-state index in [0.29, 0.717) is 5.41 Å². The van der Waals surface area contributed by atoms with Gasteiger partial charge < -0.3 is 9.80 Å². The third-order valence-corrected chi connectivity index (χ3v) is 7.60. The minimum Gasteiger partial charge on any atom is -0.368 e. The lowest BCUT2D eigenvalue weighted by molar-refractivity contribution is 0.0745. The number of aryl methyl sites for hydroxylation is 1. The lowest BCUT2D eigenvalue weighted by atomic mass is 9.72. The lowest BCUT2D eigenvalue weighted by Crippen LogP contribution is -2.49. The SMILES string of the molecule is Cc1cccc(N2CCN(C(=O)c3csc4c3CCC(C(C)(C)C)C4)CC2)c1.